The summed E-state index contributed by atoms with van der Waals surface area (Å²) in [7, 11) is 0. The average molecular weight is 796 g/mol. The fourth-order valence-electron chi connectivity index (χ4n) is 6.80. The minimum atomic E-state index is -0.632. The Kier molecular flexibility index (Phi) is 8.34. The molecule has 0 bridgehead atoms. The van der Waals surface area contributed by atoms with E-state index in [0.29, 0.717) is 0 Å². The SMILES string of the molecule is CC(c1[c-]cccc1)(c1[c-]c2c(cc1)c1ccccc1n2-c1cccc([C@](C)(c2[c-]cccc2)c2ccccn2)n1)c1ccccn1.[Ir+3]. The van der Waals surface area contributed by atoms with Gasteiger partial charge in [0.15, 0.2) is 0 Å². The van der Waals surface area contributed by atoms with Gasteiger partial charge in [-0.25, -0.2) is 4.98 Å². The first-order valence-corrected chi connectivity index (χ1v) is 15.8. The van der Waals surface area contributed by atoms with Crippen LogP contribution in [-0.2, 0) is 30.9 Å². The average Bonchev–Trinajstić information content (AvgIpc) is 3.49. The molecule has 1 unspecified atom stereocenters. The van der Waals surface area contributed by atoms with Gasteiger partial charge in [0.25, 0.3) is 0 Å². The monoisotopic (exact) mass is 796 g/mol. The second kappa shape index (κ2) is 12.8. The zero-order valence-corrected chi connectivity index (χ0v) is 29.0. The Morgan fingerprint density at radius 3 is 1.77 bits per heavy atom. The predicted octanol–water partition coefficient (Wildman–Crippen LogP) is 9.08. The molecule has 8 rings (SSSR count). The maximum absolute atomic E-state index is 5.41. The molecule has 8 aromatic rings. The summed E-state index contributed by atoms with van der Waals surface area (Å²) in [6.07, 6.45) is 3.69. The Morgan fingerprint density at radius 1 is 0.521 bits per heavy atom. The zero-order chi connectivity index (χ0) is 31.8. The van der Waals surface area contributed by atoms with Crippen LogP contribution in [0.15, 0.2) is 152 Å². The Bertz CT molecular complexity index is 2240. The number of hydrogen-bond donors (Lipinski definition) is 0. The molecule has 4 aromatic heterocycles. The van der Waals surface area contributed by atoms with Crippen molar-refractivity contribution in [1.29, 1.82) is 0 Å². The van der Waals surface area contributed by atoms with E-state index >= 15 is 0 Å². The van der Waals surface area contributed by atoms with E-state index < -0.39 is 10.8 Å². The molecule has 0 saturated carbocycles. The van der Waals surface area contributed by atoms with Gasteiger partial charge in [0, 0.05) is 23.3 Å². The van der Waals surface area contributed by atoms with Crippen LogP contribution in [-0.4, -0.2) is 19.5 Å². The minimum Gasteiger partial charge on any atom is -0.319 e. The van der Waals surface area contributed by atoms with Crippen molar-refractivity contribution in [3.05, 3.63) is 204 Å². The summed E-state index contributed by atoms with van der Waals surface area (Å²) in [6, 6.07) is 58.3. The van der Waals surface area contributed by atoms with Crippen molar-refractivity contribution in [1.82, 2.24) is 19.5 Å². The van der Waals surface area contributed by atoms with E-state index in [0.717, 1.165) is 61.4 Å². The van der Waals surface area contributed by atoms with Crippen LogP contribution in [0.3, 0.4) is 0 Å². The first kappa shape index (κ1) is 31.4. The van der Waals surface area contributed by atoms with Gasteiger partial charge in [-0.05, 0) is 61.7 Å². The summed E-state index contributed by atoms with van der Waals surface area (Å²) < 4.78 is 2.23. The van der Waals surface area contributed by atoms with Crippen molar-refractivity contribution >= 4 is 21.8 Å². The van der Waals surface area contributed by atoms with Crippen molar-refractivity contribution < 1.29 is 20.1 Å². The molecule has 0 fully saturated rings. The molecule has 2 atom stereocenters. The Hall–Kier alpha value is -5.22. The molecular weight excluding hydrogens is 765 g/mol. The van der Waals surface area contributed by atoms with Crippen molar-refractivity contribution in [3.8, 4) is 5.82 Å². The standard InChI is InChI=1S/C43H31N4.Ir/c1-42(31-16-5-3-6-17-31,38-22-11-13-28-44-38)33-26-27-35-34-20-9-10-21-36(34)47(37(35)30-33)41-25-15-24-40(46-41)43(2,32-18-7-4-8-19-32)39-23-12-14-29-45-39;/h3-16,18,20-29H,1-2H3;/q-3;+3/t42?,43-;/m1./s1. The van der Waals surface area contributed by atoms with Crippen LogP contribution in [0, 0.1) is 18.2 Å². The van der Waals surface area contributed by atoms with Crippen LogP contribution >= 0.6 is 0 Å². The normalized spacial score (nSPS) is 13.8. The number of nitrogens with zero attached hydrogens (tertiary/aromatic N) is 4. The van der Waals surface area contributed by atoms with Crippen LogP contribution < -0.4 is 0 Å². The maximum Gasteiger partial charge on any atom is 3.00 e. The molecule has 0 saturated heterocycles. The predicted molar refractivity (Wildman–Crippen MR) is 188 cm³/mol. The minimum absolute atomic E-state index is 0. The zero-order valence-electron chi connectivity index (χ0n) is 26.6. The molecule has 48 heavy (non-hydrogen) atoms. The van der Waals surface area contributed by atoms with Gasteiger partial charge in [-0.1, -0.05) is 41.9 Å². The van der Waals surface area contributed by atoms with Crippen molar-refractivity contribution in [2.24, 2.45) is 0 Å². The third kappa shape index (κ3) is 5.07. The topological polar surface area (TPSA) is 43.6 Å². The van der Waals surface area contributed by atoms with E-state index in [1.54, 1.807) is 0 Å². The van der Waals surface area contributed by atoms with E-state index in [9.17, 15) is 0 Å². The van der Waals surface area contributed by atoms with Gasteiger partial charge in [-0.3, -0.25) is 9.97 Å². The van der Waals surface area contributed by atoms with Gasteiger partial charge in [-0.15, -0.1) is 22.1 Å². The molecule has 0 aliphatic heterocycles. The van der Waals surface area contributed by atoms with Crippen molar-refractivity contribution in [2.45, 2.75) is 24.7 Å². The number of rotatable bonds is 7. The fourth-order valence-corrected chi connectivity index (χ4v) is 6.80. The second-order valence-electron chi connectivity index (χ2n) is 12.1. The van der Waals surface area contributed by atoms with Crippen LogP contribution in [0.2, 0.25) is 0 Å². The Labute approximate surface area is 294 Å². The summed E-state index contributed by atoms with van der Waals surface area (Å²) >= 11 is 0. The Balaban J connectivity index is 0.00000364. The number of fused-ring (bicyclic) bond motifs is 3. The quantitative estimate of drug-likeness (QED) is 0.151. The maximum atomic E-state index is 5.41. The molecule has 4 heterocycles. The molecule has 0 aliphatic rings. The number of benzene rings is 4. The summed E-state index contributed by atoms with van der Waals surface area (Å²) in [5.41, 5.74) is 6.57. The number of pyridine rings is 3. The Morgan fingerprint density at radius 2 is 1.12 bits per heavy atom. The van der Waals surface area contributed by atoms with E-state index in [2.05, 4.69) is 122 Å². The summed E-state index contributed by atoms with van der Waals surface area (Å²) in [6.45, 7) is 4.39. The molecule has 4 aromatic carbocycles. The van der Waals surface area contributed by atoms with E-state index in [4.69, 9.17) is 15.0 Å². The van der Waals surface area contributed by atoms with E-state index in [1.165, 1.54) is 0 Å². The second-order valence-corrected chi connectivity index (χ2v) is 12.1. The van der Waals surface area contributed by atoms with Crippen LogP contribution in [0.4, 0.5) is 0 Å². The van der Waals surface area contributed by atoms with Gasteiger partial charge in [0.2, 0.25) is 0 Å². The summed E-state index contributed by atoms with van der Waals surface area (Å²) in [5.74, 6) is 0.811. The third-order valence-electron chi connectivity index (χ3n) is 9.45. The van der Waals surface area contributed by atoms with Gasteiger partial charge in [0.05, 0.1) is 22.5 Å². The molecule has 4 nitrogen and oxygen atoms in total. The molecule has 232 valence electrons. The third-order valence-corrected chi connectivity index (χ3v) is 9.45. The van der Waals surface area contributed by atoms with Gasteiger partial charge in [-0.2, -0.15) is 78.9 Å². The van der Waals surface area contributed by atoms with Crippen LogP contribution in [0.1, 0.15) is 47.6 Å². The molecule has 0 N–H and O–H groups in total. The largest absolute Gasteiger partial charge is 3.00 e. The first-order chi connectivity index (χ1) is 23.1. The van der Waals surface area contributed by atoms with E-state index in [1.807, 2.05) is 67.0 Å². The number of hydrogen-bond acceptors (Lipinski definition) is 3. The first-order valence-electron chi connectivity index (χ1n) is 15.8. The van der Waals surface area contributed by atoms with Gasteiger partial charge >= 0.3 is 20.1 Å². The molecule has 5 heteroatoms. The fraction of sp³-hybridized carbons (Fsp3) is 0.0930. The van der Waals surface area contributed by atoms with Crippen LogP contribution in [0.5, 0.6) is 0 Å². The van der Waals surface area contributed by atoms with Crippen molar-refractivity contribution in [2.75, 3.05) is 0 Å². The number of aromatic nitrogens is 4. The number of para-hydroxylation sites is 1. The summed E-state index contributed by atoms with van der Waals surface area (Å²) in [4.78, 5) is 15.1. The van der Waals surface area contributed by atoms with Crippen molar-refractivity contribution in [3.63, 3.8) is 0 Å². The molecular formula is C43H31IrN4. The summed E-state index contributed by atoms with van der Waals surface area (Å²) in [5, 5.41) is 2.26. The molecule has 0 amide bonds. The van der Waals surface area contributed by atoms with Gasteiger partial charge < -0.3 is 4.57 Å². The molecule has 0 radical (unpaired) electrons. The van der Waals surface area contributed by atoms with Gasteiger partial charge in [0.1, 0.15) is 5.82 Å². The smallest absolute Gasteiger partial charge is 0.319 e. The van der Waals surface area contributed by atoms with Crippen LogP contribution in [0.25, 0.3) is 27.6 Å². The molecule has 0 spiro atoms. The molecule has 0 aliphatic carbocycles. The van der Waals surface area contributed by atoms with E-state index in [-0.39, 0.29) is 20.1 Å².